The van der Waals surface area contributed by atoms with Crippen molar-refractivity contribution in [3.05, 3.63) is 24.3 Å². The highest BCUT2D eigenvalue weighted by Gasteiger charge is 1.98. The smallest absolute Gasteiger partial charge is 0.121 e. The molecule has 0 aromatic heterocycles. The number of rotatable bonds is 8. The summed E-state index contributed by atoms with van der Waals surface area (Å²) in [5.41, 5.74) is 1.16. The quantitative estimate of drug-likeness (QED) is 0.705. The summed E-state index contributed by atoms with van der Waals surface area (Å²) in [5, 5.41) is 3.35. The molecule has 1 N–H and O–H groups in total. The maximum Gasteiger partial charge on any atom is 0.121 e. The summed E-state index contributed by atoms with van der Waals surface area (Å²) in [6.45, 7) is 3.62. The molecule has 4 heteroatoms. The Bertz CT molecular complexity index is 340. The molecule has 1 aromatic carbocycles. The molecule has 0 radical (unpaired) electrons. The van der Waals surface area contributed by atoms with E-state index in [-0.39, 0.29) is 0 Å². The Kier molecular flexibility index (Phi) is 6.54. The van der Waals surface area contributed by atoms with Crippen molar-refractivity contribution in [3.8, 4) is 5.75 Å². The SMILES string of the molecule is CN(C)CCNCCOc1cccc(N(C)C)c1. The van der Waals surface area contributed by atoms with Gasteiger partial charge in [-0.25, -0.2) is 0 Å². The van der Waals surface area contributed by atoms with E-state index in [0.717, 1.165) is 31.1 Å². The van der Waals surface area contributed by atoms with Crippen LogP contribution < -0.4 is 15.0 Å². The van der Waals surface area contributed by atoms with Crippen molar-refractivity contribution >= 4 is 5.69 Å². The van der Waals surface area contributed by atoms with Crippen molar-refractivity contribution in [1.29, 1.82) is 0 Å². The summed E-state index contributed by atoms with van der Waals surface area (Å²) in [7, 11) is 8.21. The van der Waals surface area contributed by atoms with Crippen LogP contribution in [-0.2, 0) is 0 Å². The average Bonchev–Trinajstić information content (AvgIpc) is 2.33. The molecule has 0 heterocycles. The molecule has 0 spiro atoms. The first-order valence-corrected chi connectivity index (χ1v) is 6.35. The van der Waals surface area contributed by atoms with Crippen LogP contribution in [0.15, 0.2) is 24.3 Å². The van der Waals surface area contributed by atoms with Gasteiger partial charge in [0.1, 0.15) is 12.4 Å². The Labute approximate surface area is 111 Å². The third-order valence-corrected chi connectivity index (χ3v) is 2.62. The minimum absolute atomic E-state index is 0.699. The lowest BCUT2D eigenvalue weighted by Crippen LogP contribution is -2.29. The van der Waals surface area contributed by atoms with Crippen LogP contribution in [0.1, 0.15) is 0 Å². The lowest BCUT2D eigenvalue weighted by atomic mass is 10.3. The maximum absolute atomic E-state index is 5.70. The number of hydrogen-bond acceptors (Lipinski definition) is 4. The summed E-state index contributed by atoms with van der Waals surface area (Å²) in [6, 6.07) is 8.14. The Balaban J connectivity index is 2.21. The second-order valence-electron chi connectivity index (χ2n) is 4.79. The summed E-state index contributed by atoms with van der Waals surface area (Å²) >= 11 is 0. The van der Waals surface area contributed by atoms with Crippen LogP contribution in [0.3, 0.4) is 0 Å². The highest BCUT2D eigenvalue weighted by Crippen LogP contribution is 2.18. The molecule has 0 atom stereocenters. The molecule has 0 aliphatic heterocycles. The topological polar surface area (TPSA) is 27.7 Å². The highest BCUT2D eigenvalue weighted by molar-refractivity contribution is 5.49. The molecule has 0 amide bonds. The Hall–Kier alpha value is -1.26. The van der Waals surface area contributed by atoms with Crippen LogP contribution in [0.2, 0.25) is 0 Å². The van der Waals surface area contributed by atoms with Gasteiger partial charge in [0.25, 0.3) is 0 Å². The zero-order valence-electron chi connectivity index (χ0n) is 11.9. The van der Waals surface area contributed by atoms with E-state index in [1.807, 2.05) is 26.2 Å². The molecule has 102 valence electrons. The fourth-order valence-electron chi connectivity index (χ4n) is 1.52. The molecule has 0 saturated heterocycles. The first kappa shape index (κ1) is 14.8. The summed E-state index contributed by atoms with van der Waals surface area (Å²) < 4.78 is 5.70. The Morgan fingerprint density at radius 3 is 2.56 bits per heavy atom. The van der Waals surface area contributed by atoms with E-state index in [0.29, 0.717) is 6.61 Å². The Morgan fingerprint density at radius 1 is 1.11 bits per heavy atom. The van der Waals surface area contributed by atoms with Crippen LogP contribution in [0, 0.1) is 0 Å². The normalized spacial score (nSPS) is 10.7. The van der Waals surface area contributed by atoms with Crippen LogP contribution in [-0.4, -0.2) is 59.3 Å². The van der Waals surface area contributed by atoms with Gasteiger partial charge in [0.15, 0.2) is 0 Å². The fourth-order valence-corrected chi connectivity index (χ4v) is 1.52. The van der Waals surface area contributed by atoms with Gasteiger partial charge in [0.05, 0.1) is 0 Å². The van der Waals surface area contributed by atoms with E-state index in [1.165, 1.54) is 0 Å². The molecule has 0 aliphatic carbocycles. The largest absolute Gasteiger partial charge is 0.492 e. The average molecular weight is 251 g/mol. The molecular formula is C14H25N3O. The van der Waals surface area contributed by atoms with Gasteiger partial charge in [-0.3, -0.25) is 0 Å². The summed E-state index contributed by atoms with van der Waals surface area (Å²) in [6.07, 6.45) is 0. The van der Waals surface area contributed by atoms with Crippen molar-refractivity contribution < 1.29 is 4.74 Å². The number of likely N-dealkylation sites (N-methyl/N-ethyl adjacent to an activating group) is 1. The van der Waals surface area contributed by atoms with Gasteiger partial charge < -0.3 is 19.9 Å². The number of benzene rings is 1. The van der Waals surface area contributed by atoms with E-state index in [9.17, 15) is 0 Å². The van der Waals surface area contributed by atoms with Gasteiger partial charge in [-0.15, -0.1) is 0 Å². The molecular weight excluding hydrogens is 226 g/mol. The van der Waals surface area contributed by atoms with Crippen LogP contribution in [0.4, 0.5) is 5.69 Å². The molecule has 0 aliphatic rings. The van der Waals surface area contributed by atoms with Crippen molar-refractivity contribution in [2.24, 2.45) is 0 Å². The van der Waals surface area contributed by atoms with Crippen molar-refractivity contribution in [1.82, 2.24) is 10.2 Å². The summed E-state index contributed by atoms with van der Waals surface area (Å²) in [5.74, 6) is 0.926. The maximum atomic E-state index is 5.70. The first-order chi connectivity index (χ1) is 8.59. The number of nitrogens with zero attached hydrogens (tertiary/aromatic N) is 2. The van der Waals surface area contributed by atoms with Crippen LogP contribution in [0.25, 0.3) is 0 Å². The van der Waals surface area contributed by atoms with Crippen LogP contribution in [0.5, 0.6) is 5.75 Å². The molecule has 0 bridgehead atoms. The minimum atomic E-state index is 0.699. The van der Waals surface area contributed by atoms with Gasteiger partial charge >= 0.3 is 0 Å². The zero-order chi connectivity index (χ0) is 13.4. The number of hydrogen-bond donors (Lipinski definition) is 1. The van der Waals surface area contributed by atoms with E-state index >= 15 is 0 Å². The molecule has 4 nitrogen and oxygen atoms in total. The standard InChI is InChI=1S/C14H25N3O/c1-16(2)10-8-15-9-11-18-14-7-5-6-13(12-14)17(3)4/h5-7,12,15H,8-11H2,1-4H3. The molecule has 1 rings (SSSR count). The third kappa shape index (κ3) is 5.89. The van der Waals surface area contributed by atoms with E-state index < -0.39 is 0 Å². The molecule has 18 heavy (non-hydrogen) atoms. The number of nitrogens with one attached hydrogen (secondary N) is 1. The highest BCUT2D eigenvalue weighted by atomic mass is 16.5. The van der Waals surface area contributed by atoms with E-state index in [4.69, 9.17) is 4.74 Å². The second kappa shape index (κ2) is 7.95. The van der Waals surface area contributed by atoms with E-state index in [1.54, 1.807) is 0 Å². The van der Waals surface area contributed by atoms with E-state index in [2.05, 4.69) is 41.3 Å². The second-order valence-corrected chi connectivity index (χ2v) is 4.79. The van der Waals surface area contributed by atoms with Gasteiger partial charge in [0.2, 0.25) is 0 Å². The fraction of sp³-hybridized carbons (Fsp3) is 0.571. The number of anilines is 1. The number of ether oxygens (including phenoxy) is 1. The zero-order valence-corrected chi connectivity index (χ0v) is 11.9. The Morgan fingerprint density at radius 2 is 1.89 bits per heavy atom. The lowest BCUT2D eigenvalue weighted by Gasteiger charge is -2.14. The molecule has 0 saturated carbocycles. The molecule has 1 aromatic rings. The van der Waals surface area contributed by atoms with Crippen molar-refractivity contribution in [2.75, 3.05) is 59.3 Å². The third-order valence-electron chi connectivity index (χ3n) is 2.62. The minimum Gasteiger partial charge on any atom is -0.492 e. The predicted octanol–water partition coefficient (Wildman–Crippen LogP) is 1.28. The predicted molar refractivity (Wildman–Crippen MR) is 77.7 cm³/mol. The molecule has 0 fully saturated rings. The summed E-state index contributed by atoms with van der Waals surface area (Å²) in [4.78, 5) is 4.23. The monoisotopic (exact) mass is 251 g/mol. The van der Waals surface area contributed by atoms with Gasteiger partial charge in [-0.05, 0) is 26.2 Å². The lowest BCUT2D eigenvalue weighted by molar-refractivity contribution is 0.308. The van der Waals surface area contributed by atoms with Gasteiger partial charge in [-0.2, -0.15) is 0 Å². The first-order valence-electron chi connectivity index (χ1n) is 6.35. The van der Waals surface area contributed by atoms with Crippen molar-refractivity contribution in [2.45, 2.75) is 0 Å². The van der Waals surface area contributed by atoms with Gasteiger partial charge in [-0.1, -0.05) is 6.07 Å². The van der Waals surface area contributed by atoms with Crippen molar-refractivity contribution in [3.63, 3.8) is 0 Å². The molecule has 0 unspecified atom stereocenters. The van der Waals surface area contributed by atoms with Crippen LogP contribution >= 0.6 is 0 Å². The van der Waals surface area contributed by atoms with Gasteiger partial charge in [0, 0.05) is 45.5 Å².